The quantitative estimate of drug-likeness (QED) is 0.606. The molecule has 2 aromatic heterocycles. The zero-order chi connectivity index (χ0) is 18.5. The SMILES string of the molecule is N#Cc1ccc(-c2csc(-c3ccnc(N4CCCCCCC4)c3)n2)cc1. The highest BCUT2D eigenvalue weighted by Crippen LogP contribution is 2.30. The van der Waals surface area contributed by atoms with Crippen LogP contribution >= 0.6 is 11.3 Å². The third kappa shape index (κ3) is 4.17. The van der Waals surface area contributed by atoms with E-state index < -0.39 is 0 Å². The first kappa shape index (κ1) is 17.7. The monoisotopic (exact) mass is 374 g/mol. The van der Waals surface area contributed by atoms with Gasteiger partial charge in [0.15, 0.2) is 0 Å². The molecule has 0 atom stereocenters. The van der Waals surface area contributed by atoms with Gasteiger partial charge in [-0.05, 0) is 37.1 Å². The molecule has 1 fully saturated rings. The molecule has 3 aromatic rings. The van der Waals surface area contributed by atoms with Crippen molar-refractivity contribution in [3.8, 4) is 27.9 Å². The summed E-state index contributed by atoms with van der Waals surface area (Å²) >= 11 is 1.65. The number of pyridine rings is 1. The standard InChI is InChI=1S/C22H22N4S/c23-15-17-6-8-18(9-7-17)20-16-27-22(25-20)19-10-11-24-21(14-19)26-12-4-2-1-3-5-13-26/h6-11,14,16H,1-5,12-13H2. The topological polar surface area (TPSA) is 52.8 Å². The number of hydrogen-bond acceptors (Lipinski definition) is 5. The largest absolute Gasteiger partial charge is 0.357 e. The second-order valence-electron chi connectivity index (χ2n) is 6.88. The second-order valence-corrected chi connectivity index (χ2v) is 7.74. The van der Waals surface area contributed by atoms with E-state index in [1.54, 1.807) is 11.3 Å². The van der Waals surface area contributed by atoms with Crippen LogP contribution in [0.2, 0.25) is 0 Å². The highest BCUT2D eigenvalue weighted by molar-refractivity contribution is 7.13. The Morgan fingerprint density at radius 3 is 2.41 bits per heavy atom. The van der Waals surface area contributed by atoms with E-state index in [-0.39, 0.29) is 0 Å². The lowest BCUT2D eigenvalue weighted by Gasteiger charge is -2.26. The van der Waals surface area contributed by atoms with Crippen LogP contribution in [0, 0.1) is 11.3 Å². The maximum Gasteiger partial charge on any atom is 0.129 e. The fraction of sp³-hybridized carbons (Fsp3) is 0.318. The molecule has 5 heteroatoms. The Hall–Kier alpha value is -2.71. The van der Waals surface area contributed by atoms with Crippen LogP contribution in [0.5, 0.6) is 0 Å². The van der Waals surface area contributed by atoms with Crippen LogP contribution in [0.3, 0.4) is 0 Å². The zero-order valence-corrected chi connectivity index (χ0v) is 16.1. The number of hydrogen-bond donors (Lipinski definition) is 0. The molecule has 0 radical (unpaired) electrons. The van der Waals surface area contributed by atoms with Gasteiger partial charge in [-0.15, -0.1) is 11.3 Å². The van der Waals surface area contributed by atoms with Gasteiger partial charge in [0.1, 0.15) is 10.8 Å². The van der Waals surface area contributed by atoms with Crippen molar-refractivity contribution in [2.75, 3.05) is 18.0 Å². The fourth-order valence-electron chi connectivity index (χ4n) is 3.46. The number of nitriles is 1. The van der Waals surface area contributed by atoms with E-state index in [0.29, 0.717) is 5.56 Å². The summed E-state index contributed by atoms with van der Waals surface area (Å²) in [5, 5.41) is 12.0. The molecule has 27 heavy (non-hydrogen) atoms. The Morgan fingerprint density at radius 2 is 1.67 bits per heavy atom. The molecule has 3 heterocycles. The molecule has 1 aliphatic rings. The van der Waals surface area contributed by atoms with E-state index in [1.165, 1.54) is 32.1 Å². The number of nitrogens with zero attached hydrogens (tertiary/aromatic N) is 4. The maximum atomic E-state index is 8.94. The van der Waals surface area contributed by atoms with Gasteiger partial charge in [0.05, 0.1) is 17.3 Å². The molecule has 0 bridgehead atoms. The van der Waals surface area contributed by atoms with E-state index >= 15 is 0 Å². The van der Waals surface area contributed by atoms with E-state index in [0.717, 1.165) is 40.7 Å². The summed E-state index contributed by atoms with van der Waals surface area (Å²) in [4.78, 5) is 11.8. The Labute approximate surface area is 164 Å². The Kier molecular flexibility index (Phi) is 5.45. The predicted molar refractivity (Wildman–Crippen MR) is 111 cm³/mol. The highest BCUT2D eigenvalue weighted by atomic mass is 32.1. The third-order valence-electron chi connectivity index (χ3n) is 4.99. The van der Waals surface area contributed by atoms with Crippen molar-refractivity contribution < 1.29 is 0 Å². The lowest BCUT2D eigenvalue weighted by Crippen LogP contribution is -2.27. The van der Waals surface area contributed by atoms with Crippen molar-refractivity contribution >= 4 is 17.2 Å². The lowest BCUT2D eigenvalue weighted by atomic mass is 10.1. The van der Waals surface area contributed by atoms with Crippen molar-refractivity contribution in [2.45, 2.75) is 32.1 Å². The minimum Gasteiger partial charge on any atom is -0.357 e. The number of rotatable bonds is 3. The minimum atomic E-state index is 0.668. The number of benzene rings is 1. The van der Waals surface area contributed by atoms with E-state index in [9.17, 15) is 0 Å². The molecule has 0 aliphatic carbocycles. The molecule has 0 saturated carbocycles. The Balaban J connectivity index is 1.57. The maximum absolute atomic E-state index is 8.94. The smallest absolute Gasteiger partial charge is 0.129 e. The van der Waals surface area contributed by atoms with Gasteiger partial charge in [0.25, 0.3) is 0 Å². The molecular formula is C22H22N4S. The van der Waals surface area contributed by atoms with Crippen LogP contribution in [0.15, 0.2) is 48.0 Å². The molecule has 1 aromatic carbocycles. The number of anilines is 1. The second kappa shape index (κ2) is 8.32. The van der Waals surface area contributed by atoms with E-state index in [4.69, 9.17) is 10.2 Å². The van der Waals surface area contributed by atoms with Crippen LogP contribution in [-0.4, -0.2) is 23.1 Å². The molecule has 136 valence electrons. The van der Waals surface area contributed by atoms with Crippen molar-refractivity contribution in [3.05, 3.63) is 53.5 Å². The normalized spacial score (nSPS) is 15.0. The van der Waals surface area contributed by atoms with Gasteiger partial charge in [-0.1, -0.05) is 31.4 Å². The van der Waals surface area contributed by atoms with Gasteiger partial charge in [0, 0.05) is 35.8 Å². The molecule has 1 saturated heterocycles. The van der Waals surface area contributed by atoms with Gasteiger partial charge in [-0.2, -0.15) is 5.26 Å². The Bertz CT molecular complexity index is 931. The summed E-state index contributed by atoms with van der Waals surface area (Å²) in [5.74, 6) is 1.06. The first-order chi connectivity index (χ1) is 13.3. The zero-order valence-electron chi connectivity index (χ0n) is 15.3. The average Bonchev–Trinajstić information content (AvgIpc) is 3.18. The van der Waals surface area contributed by atoms with Crippen LogP contribution in [-0.2, 0) is 0 Å². The summed E-state index contributed by atoms with van der Waals surface area (Å²) in [6, 6.07) is 13.9. The molecule has 0 spiro atoms. The molecule has 0 amide bonds. The Morgan fingerprint density at radius 1 is 0.926 bits per heavy atom. The van der Waals surface area contributed by atoms with Crippen LogP contribution in [0.25, 0.3) is 21.8 Å². The minimum absolute atomic E-state index is 0.668. The van der Waals surface area contributed by atoms with E-state index in [2.05, 4.69) is 27.4 Å². The van der Waals surface area contributed by atoms with Gasteiger partial charge < -0.3 is 4.90 Å². The van der Waals surface area contributed by atoms with Gasteiger partial charge in [0.2, 0.25) is 0 Å². The number of aromatic nitrogens is 2. The average molecular weight is 375 g/mol. The third-order valence-corrected chi connectivity index (χ3v) is 5.88. The number of thiazole rings is 1. The summed E-state index contributed by atoms with van der Waals surface area (Å²) in [5.41, 5.74) is 3.77. The predicted octanol–water partition coefficient (Wildman–Crippen LogP) is 5.51. The molecule has 1 aliphatic heterocycles. The van der Waals surface area contributed by atoms with Crippen molar-refractivity contribution in [1.82, 2.24) is 9.97 Å². The molecule has 4 rings (SSSR count). The summed E-state index contributed by atoms with van der Waals surface area (Å²) in [7, 11) is 0. The van der Waals surface area contributed by atoms with Crippen LogP contribution < -0.4 is 4.90 Å². The molecule has 0 unspecified atom stereocenters. The van der Waals surface area contributed by atoms with Crippen molar-refractivity contribution in [3.63, 3.8) is 0 Å². The van der Waals surface area contributed by atoms with Crippen LogP contribution in [0.1, 0.15) is 37.7 Å². The summed E-state index contributed by atoms with van der Waals surface area (Å²) in [6.45, 7) is 2.18. The van der Waals surface area contributed by atoms with Crippen LogP contribution in [0.4, 0.5) is 5.82 Å². The molecular weight excluding hydrogens is 352 g/mol. The molecule has 0 N–H and O–H groups in total. The fourth-order valence-corrected chi connectivity index (χ4v) is 4.28. The van der Waals surface area contributed by atoms with Crippen molar-refractivity contribution in [1.29, 1.82) is 5.26 Å². The van der Waals surface area contributed by atoms with Gasteiger partial charge in [-0.25, -0.2) is 9.97 Å². The first-order valence-electron chi connectivity index (χ1n) is 9.51. The van der Waals surface area contributed by atoms with E-state index in [1.807, 2.05) is 36.5 Å². The molecule has 4 nitrogen and oxygen atoms in total. The van der Waals surface area contributed by atoms with Gasteiger partial charge >= 0.3 is 0 Å². The van der Waals surface area contributed by atoms with Crippen molar-refractivity contribution in [2.24, 2.45) is 0 Å². The summed E-state index contributed by atoms with van der Waals surface area (Å²) < 4.78 is 0. The van der Waals surface area contributed by atoms with Gasteiger partial charge in [-0.3, -0.25) is 0 Å². The highest BCUT2D eigenvalue weighted by Gasteiger charge is 2.13. The summed E-state index contributed by atoms with van der Waals surface area (Å²) in [6.07, 6.45) is 8.37. The first-order valence-corrected chi connectivity index (χ1v) is 10.4. The lowest BCUT2D eigenvalue weighted by molar-refractivity contribution is 0.554.